The van der Waals surface area contributed by atoms with Gasteiger partial charge in [0.15, 0.2) is 17.7 Å². The van der Waals surface area contributed by atoms with Crippen LogP contribution in [0.25, 0.3) is 0 Å². The first-order valence-electron chi connectivity index (χ1n) is 15.2. The van der Waals surface area contributed by atoms with Crippen LogP contribution >= 0.6 is 0 Å². The average molecular weight is 633 g/mol. The largest absolute Gasteiger partial charge is 0.489 e. The van der Waals surface area contributed by atoms with Gasteiger partial charge in [-0.1, -0.05) is 6.07 Å². The molecule has 0 bridgehead atoms. The van der Waals surface area contributed by atoms with Crippen molar-refractivity contribution in [3.63, 3.8) is 0 Å². The Morgan fingerprint density at radius 3 is 2.31 bits per heavy atom. The van der Waals surface area contributed by atoms with E-state index in [0.717, 1.165) is 31.7 Å². The number of nitrogens with zero attached hydrogens (tertiary/aromatic N) is 3. The highest BCUT2D eigenvalue weighted by Gasteiger charge is 2.43. The van der Waals surface area contributed by atoms with Gasteiger partial charge in [-0.05, 0) is 62.8 Å². The van der Waals surface area contributed by atoms with E-state index in [-0.39, 0.29) is 42.0 Å². The van der Waals surface area contributed by atoms with Crippen molar-refractivity contribution in [2.24, 2.45) is 17.6 Å². The summed E-state index contributed by atoms with van der Waals surface area (Å²) >= 11 is 0. The first kappa shape index (κ1) is 31.0. The maximum Gasteiger partial charge on any atom is 0.387 e. The molecule has 2 N–H and O–H groups in total. The maximum atomic E-state index is 15.5. The summed E-state index contributed by atoms with van der Waals surface area (Å²) in [5.41, 5.74) is 6.50. The molecule has 2 aliphatic heterocycles. The van der Waals surface area contributed by atoms with Crippen LogP contribution in [0.1, 0.15) is 56.0 Å². The van der Waals surface area contributed by atoms with Gasteiger partial charge in [0.2, 0.25) is 11.8 Å². The molecule has 0 spiro atoms. The molecule has 2 unspecified atom stereocenters. The molecule has 13 heteroatoms. The predicted molar refractivity (Wildman–Crippen MR) is 154 cm³/mol. The molecule has 3 atom stereocenters. The first-order chi connectivity index (χ1) is 21.6. The number of carbonyl (C=O) groups excluding carboxylic acids is 2. The highest BCUT2D eigenvalue weighted by atomic mass is 19.3. The van der Waals surface area contributed by atoms with Crippen LogP contribution in [0.2, 0.25) is 0 Å². The highest BCUT2D eigenvalue weighted by molar-refractivity contribution is 5.85. The van der Waals surface area contributed by atoms with Crippen molar-refractivity contribution in [1.29, 1.82) is 0 Å². The van der Waals surface area contributed by atoms with Crippen molar-refractivity contribution in [2.75, 3.05) is 32.8 Å². The second kappa shape index (κ2) is 12.8. The summed E-state index contributed by atoms with van der Waals surface area (Å²) in [7, 11) is 0. The van der Waals surface area contributed by atoms with Crippen LogP contribution in [0, 0.1) is 23.5 Å². The summed E-state index contributed by atoms with van der Waals surface area (Å²) in [6.07, 6.45) is 4.17. The number of piperazine rings is 1. The number of hydrogen-bond donors (Lipinski definition) is 1. The maximum absolute atomic E-state index is 15.5. The van der Waals surface area contributed by atoms with Crippen molar-refractivity contribution in [1.82, 2.24) is 14.7 Å². The fourth-order valence-electron chi connectivity index (χ4n) is 5.64. The van der Waals surface area contributed by atoms with Crippen molar-refractivity contribution in [3.8, 4) is 11.5 Å². The Balaban J connectivity index is 1.34. The Bertz CT molecular complexity index is 1460. The Morgan fingerprint density at radius 1 is 0.978 bits per heavy atom. The van der Waals surface area contributed by atoms with Gasteiger partial charge in [0.05, 0.1) is 12.6 Å². The number of ether oxygens (including phenoxy) is 3. The Hall–Kier alpha value is -4.00. The molecule has 45 heavy (non-hydrogen) atoms. The first-order valence-corrected chi connectivity index (χ1v) is 15.2. The third-order valence-corrected chi connectivity index (χ3v) is 8.50. The Labute approximate surface area is 258 Å². The van der Waals surface area contributed by atoms with Crippen LogP contribution in [0.4, 0.5) is 17.6 Å². The highest BCUT2D eigenvalue weighted by Crippen LogP contribution is 2.44. The summed E-state index contributed by atoms with van der Waals surface area (Å²) in [5.74, 6) is -1.53. The fourth-order valence-corrected chi connectivity index (χ4v) is 5.64. The molecule has 3 fully saturated rings. The lowest BCUT2D eigenvalue weighted by atomic mass is 10.0. The molecular formula is C32H36F4N4O5. The van der Waals surface area contributed by atoms with Gasteiger partial charge < -0.3 is 34.6 Å². The molecule has 2 heterocycles. The minimum atomic E-state index is -3.08. The fraction of sp³-hybridized carbons (Fsp3) is 0.500. The summed E-state index contributed by atoms with van der Waals surface area (Å²) in [5, 5.41) is 0. The van der Waals surface area contributed by atoms with Crippen LogP contribution in [-0.2, 0) is 14.3 Å². The van der Waals surface area contributed by atoms with E-state index in [2.05, 4.69) is 4.74 Å². The van der Waals surface area contributed by atoms with Crippen LogP contribution < -0.4 is 15.2 Å². The lowest BCUT2D eigenvalue weighted by molar-refractivity contribution is -0.145. The molecule has 2 aromatic carbocycles. The number of benzene rings is 2. The Morgan fingerprint density at radius 2 is 1.69 bits per heavy atom. The van der Waals surface area contributed by atoms with Crippen molar-refractivity contribution < 1.29 is 41.4 Å². The molecule has 2 amide bonds. The number of halogens is 4. The molecular weight excluding hydrogens is 596 g/mol. The van der Waals surface area contributed by atoms with Gasteiger partial charge in [-0.15, -0.1) is 0 Å². The summed E-state index contributed by atoms with van der Waals surface area (Å²) in [4.78, 5) is 31.7. The van der Waals surface area contributed by atoms with Crippen molar-refractivity contribution >= 4 is 11.8 Å². The van der Waals surface area contributed by atoms with Gasteiger partial charge in [0.25, 0.3) is 0 Å². The van der Waals surface area contributed by atoms with E-state index in [4.69, 9.17) is 15.2 Å². The zero-order valence-electron chi connectivity index (χ0n) is 24.8. The monoisotopic (exact) mass is 632 g/mol. The molecule has 242 valence electrons. The number of rotatable bonds is 11. The molecule has 9 nitrogen and oxygen atoms in total. The zero-order chi connectivity index (χ0) is 31.8. The minimum absolute atomic E-state index is 0.0493. The number of hydrogen-bond acceptors (Lipinski definition) is 7. The molecule has 2 aliphatic carbocycles. The second-order valence-electron chi connectivity index (χ2n) is 12.1. The summed E-state index contributed by atoms with van der Waals surface area (Å²) in [6.45, 7) is 0.0763. The van der Waals surface area contributed by atoms with Gasteiger partial charge in [-0.3, -0.25) is 9.59 Å². The number of alkyl halides is 2. The van der Waals surface area contributed by atoms with Crippen LogP contribution in [0.5, 0.6) is 11.5 Å². The van der Waals surface area contributed by atoms with Crippen LogP contribution in [0.3, 0.4) is 0 Å². The van der Waals surface area contributed by atoms with Gasteiger partial charge in [-0.25, -0.2) is 8.78 Å². The molecule has 4 aliphatic rings. The van der Waals surface area contributed by atoms with E-state index in [1.54, 1.807) is 16.7 Å². The van der Waals surface area contributed by atoms with E-state index in [9.17, 15) is 22.8 Å². The van der Waals surface area contributed by atoms with Gasteiger partial charge in [0.1, 0.15) is 23.4 Å². The zero-order valence-corrected chi connectivity index (χ0v) is 24.8. The number of carbonyl (C=O) groups is 2. The summed E-state index contributed by atoms with van der Waals surface area (Å²) < 4.78 is 72.6. The van der Waals surface area contributed by atoms with Crippen molar-refractivity contribution in [3.05, 3.63) is 71.1 Å². The van der Waals surface area contributed by atoms with Crippen LogP contribution in [0.15, 0.2) is 48.4 Å². The Kier molecular flexibility index (Phi) is 8.80. The average Bonchev–Trinajstić information content (AvgIpc) is 3.95. The third kappa shape index (κ3) is 6.98. The van der Waals surface area contributed by atoms with Gasteiger partial charge in [-0.2, -0.15) is 8.78 Å². The third-order valence-electron chi connectivity index (χ3n) is 8.50. The van der Waals surface area contributed by atoms with Gasteiger partial charge in [0, 0.05) is 55.5 Å². The SMILES string of the molecule is C[C@H](N)C1=CN(C(C(=O)N2CCN(C(=O)C3CC3)CC2)c2ccc(F)cc2F)C(c2ccc(OC(F)F)c(OCC3CC3)c2)O1. The minimum Gasteiger partial charge on any atom is -0.489 e. The smallest absolute Gasteiger partial charge is 0.387 e. The normalized spacial score (nSPS) is 21.4. The molecule has 0 radical (unpaired) electrons. The molecule has 6 rings (SSSR count). The number of nitrogens with two attached hydrogens (primary N) is 1. The van der Waals surface area contributed by atoms with Gasteiger partial charge >= 0.3 is 6.61 Å². The molecule has 2 saturated carbocycles. The second-order valence-corrected chi connectivity index (χ2v) is 12.1. The van der Waals surface area contributed by atoms with E-state index >= 15 is 4.39 Å². The quantitative estimate of drug-likeness (QED) is 0.359. The van der Waals surface area contributed by atoms with E-state index in [0.29, 0.717) is 43.0 Å². The van der Waals surface area contributed by atoms with E-state index < -0.39 is 42.5 Å². The molecule has 0 aromatic heterocycles. The summed E-state index contributed by atoms with van der Waals surface area (Å²) in [6, 6.07) is 5.42. The molecule has 1 saturated heterocycles. The lowest BCUT2D eigenvalue weighted by Gasteiger charge is -2.39. The standard InChI is InChI=1S/C32H36F4N4O5/c1-18(37)27-16-40(31(44-27)21-6-9-25(45-32(35)36)26(14-21)43-17-19-2-3-19)28(23-8-7-22(33)15-24(23)34)30(42)39-12-10-38(11-13-39)29(41)20-4-5-20/h6-9,14-16,18-20,28,31-32H,2-5,10-13,17,37H2,1H3/t18-,28?,31?/m0/s1. The number of amides is 2. The topological polar surface area (TPSA) is 97.6 Å². The van der Waals surface area contributed by atoms with E-state index in [1.165, 1.54) is 35.4 Å². The lowest BCUT2D eigenvalue weighted by Crippen LogP contribution is -2.53. The predicted octanol–water partition coefficient (Wildman–Crippen LogP) is 4.70. The molecule has 2 aromatic rings. The van der Waals surface area contributed by atoms with E-state index in [1.807, 2.05) is 0 Å². The van der Waals surface area contributed by atoms with Crippen LogP contribution in [-0.4, -0.2) is 72.0 Å². The van der Waals surface area contributed by atoms with Crippen molar-refractivity contribution in [2.45, 2.75) is 57.5 Å².